The first kappa shape index (κ1) is 23.4. The minimum atomic E-state index is -1.92. The van der Waals surface area contributed by atoms with Crippen LogP contribution in [0.4, 0.5) is 0 Å². The standard InChI is InChI=1S/C7H15NO3.C5H14N2O4/c1-8(2,3)5-6(9)4-7(10)11;1-2-5(8,9)6-3-4-7(10)11/h6,9H,4-5H2,1-3H3;6,8-11H,2-4H2,1H3. The van der Waals surface area contributed by atoms with Gasteiger partial charge < -0.3 is 29.7 Å². The van der Waals surface area contributed by atoms with Gasteiger partial charge in [0.15, 0.2) is 0 Å². The van der Waals surface area contributed by atoms with E-state index in [0.29, 0.717) is 11.0 Å². The first-order chi connectivity index (χ1) is 9.79. The third-order valence-electron chi connectivity index (χ3n) is 2.37. The number of carboxylic acids is 1. The zero-order valence-electron chi connectivity index (χ0n) is 13.6. The molecule has 0 aromatic carbocycles. The Morgan fingerprint density at radius 3 is 2.14 bits per heavy atom. The molecule has 1 unspecified atom stereocenters. The Labute approximate surface area is 130 Å². The number of aliphatic carboxylic acids is 1. The lowest BCUT2D eigenvalue weighted by molar-refractivity contribution is -0.873. The molecule has 0 aliphatic heterocycles. The molecule has 0 aromatic rings. The van der Waals surface area contributed by atoms with Gasteiger partial charge in [0, 0.05) is 25.4 Å². The van der Waals surface area contributed by atoms with Gasteiger partial charge in [0.05, 0.1) is 27.7 Å². The normalized spacial score (nSPS) is 13.5. The van der Waals surface area contributed by atoms with E-state index >= 15 is 0 Å². The monoisotopic (exact) mass is 327 g/mol. The number of nitrogens with zero attached hydrogens (tertiary/aromatic N) is 2. The molecule has 0 amide bonds. The Balaban J connectivity index is 0. The molecular formula is C12H29N3O7. The summed E-state index contributed by atoms with van der Waals surface area (Å²) in [6, 6.07) is 0. The van der Waals surface area contributed by atoms with Gasteiger partial charge in [0.1, 0.15) is 12.6 Å². The van der Waals surface area contributed by atoms with Crippen LogP contribution in [0.15, 0.2) is 0 Å². The Morgan fingerprint density at radius 2 is 1.82 bits per heavy atom. The van der Waals surface area contributed by atoms with Gasteiger partial charge in [-0.1, -0.05) is 12.2 Å². The lowest BCUT2D eigenvalue weighted by Gasteiger charge is -2.26. The van der Waals surface area contributed by atoms with Crippen LogP contribution in [-0.4, -0.2) is 94.2 Å². The minimum Gasteiger partial charge on any atom is -0.550 e. The van der Waals surface area contributed by atoms with Crippen molar-refractivity contribution >= 4 is 5.97 Å². The molecule has 0 rings (SSSR count). The second-order valence-electron chi connectivity index (χ2n) is 5.90. The first-order valence-electron chi connectivity index (χ1n) is 6.82. The van der Waals surface area contributed by atoms with Crippen LogP contribution in [0.1, 0.15) is 19.8 Å². The fourth-order valence-electron chi connectivity index (χ4n) is 1.37. The first-order valence-corrected chi connectivity index (χ1v) is 6.82. The van der Waals surface area contributed by atoms with E-state index in [2.05, 4.69) is 5.32 Å². The quantitative estimate of drug-likeness (QED) is 0.147. The van der Waals surface area contributed by atoms with Gasteiger partial charge in [-0.2, -0.15) is 0 Å². The number of rotatable bonds is 9. The second-order valence-corrected chi connectivity index (χ2v) is 5.90. The van der Waals surface area contributed by atoms with Crippen LogP contribution in [0.3, 0.4) is 0 Å². The van der Waals surface area contributed by atoms with Crippen molar-refractivity contribution in [3.63, 3.8) is 0 Å². The van der Waals surface area contributed by atoms with Crippen LogP contribution >= 0.6 is 0 Å². The van der Waals surface area contributed by atoms with Crippen molar-refractivity contribution in [1.82, 2.24) is 10.5 Å². The van der Waals surface area contributed by atoms with E-state index in [1.165, 1.54) is 0 Å². The highest BCUT2D eigenvalue weighted by atomic mass is 16.8. The summed E-state index contributed by atoms with van der Waals surface area (Å²) in [4.78, 5) is 10.0. The van der Waals surface area contributed by atoms with Crippen LogP contribution in [-0.2, 0) is 4.79 Å². The van der Waals surface area contributed by atoms with E-state index in [4.69, 9.17) is 25.7 Å². The SMILES string of the molecule is CCC(O)(O)NCCN(O)O.C[N+](C)(C)CC(O)CC(=O)[O-]. The smallest absolute Gasteiger partial charge is 0.222 e. The van der Waals surface area contributed by atoms with Crippen molar-refractivity contribution in [2.75, 3.05) is 40.8 Å². The van der Waals surface area contributed by atoms with E-state index in [-0.39, 0.29) is 31.2 Å². The number of carbonyl (C=O) groups is 1. The van der Waals surface area contributed by atoms with Gasteiger partial charge in [0.2, 0.25) is 5.91 Å². The van der Waals surface area contributed by atoms with Gasteiger partial charge >= 0.3 is 0 Å². The van der Waals surface area contributed by atoms with Crippen molar-refractivity contribution in [3.8, 4) is 0 Å². The number of carboxylic acid groups (broad SMARTS) is 1. The van der Waals surface area contributed by atoms with E-state index in [0.717, 1.165) is 0 Å². The highest BCUT2D eigenvalue weighted by molar-refractivity contribution is 5.64. The Kier molecular flexibility index (Phi) is 11.5. The van der Waals surface area contributed by atoms with E-state index in [9.17, 15) is 9.90 Å². The summed E-state index contributed by atoms with van der Waals surface area (Å²) in [5.41, 5.74) is 0. The number of likely N-dealkylation sites (N-methyl/N-ethyl adjacent to an activating group) is 1. The van der Waals surface area contributed by atoms with Gasteiger partial charge in [-0.25, -0.2) is 0 Å². The van der Waals surface area contributed by atoms with Gasteiger partial charge in [-0.15, -0.1) is 0 Å². The lowest BCUT2D eigenvalue weighted by Crippen LogP contribution is -2.46. The summed E-state index contributed by atoms with van der Waals surface area (Å²) in [6.07, 6.45) is -0.959. The topological polar surface area (TPSA) is 157 Å². The number of hydroxylamine groups is 2. The molecule has 0 saturated heterocycles. The summed E-state index contributed by atoms with van der Waals surface area (Å²) in [7, 11) is 5.66. The predicted octanol–water partition coefficient (Wildman–Crippen LogP) is -3.10. The van der Waals surface area contributed by atoms with Crippen LogP contribution < -0.4 is 10.4 Å². The predicted molar refractivity (Wildman–Crippen MR) is 74.3 cm³/mol. The molecular weight excluding hydrogens is 298 g/mol. The Hall–Kier alpha value is -0.850. The molecule has 1 atom stereocenters. The van der Waals surface area contributed by atoms with E-state index in [1.807, 2.05) is 21.1 Å². The third-order valence-corrected chi connectivity index (χ3v) is 2.37. The number of carbonyl (C=O) groups excluding carboxylic acids is 1. The van der Waals surface area contributed by atoms with E-state index < -0.39 is 18.0 Å². The Morgan fingerprint density at radius 1 is 1.32 bits per heavy atom. The highest BCUT2D eigenvalue weighted by Crippen LogP contribution is 1.98. The minimum absolute atomic E-state index is 0.0290. The molecule has 0 aliphatic rings. The number of hydrogen-bond donors (Lipinski definition) is 6. The van der Waals surface area contributed by atoms with Gasteiger partial charge in [-0.3, -0.25) is 15.7 Å². The summed E-state index contributed by atoms with van der Waals surface area (Å²) < 4.78 is 0.550. The van der Waals surface area contributed by atoms with Crippen LogP contribution in [0.25, 0.3) is 0 Å². The molecule has 10 nitrogen and oxygen atoms in total. The zero-order valence-corrected chi connectivity index (χ0v) is 13.6. The molecule has 6 N–H and O–H groups in total. The summed E-state index contributed by atoms with van der Waals surface area (Å²) in [5, 5.41) is 55.6. The number of quaternary nitrogens is 1. The largest absolute Gasteiger partial charge is 0.550 e. The summed E-state index contributed by atoms with van der Waals surface area (Å²) in [6.45, 7) is 1.99. The molecule has 0 aromatic heterocycles. The van der Waals surface area contributed by atoms with Gasteiger partial charge in [0.25, 0.3) is 0 Å². The average molecular weight is 327 g/mol. The molecule has 0 bridgehead atoms. The summed E-state index contributed by atoms with van der Waals surface area (Å²) >= 11 is 0. The number of aliphatic hydroxyl groups excluding tert-OH is 1. The van der Waals surface area contributed by atoms with Crippen molar-refractivity contribution in [2.45, 2.75) is 31.8 Å². The van der Waals surface area contributed by atoms with E-state index in [1.54, 1.807) is 6.92 Å². The number of nitrogens with one attached hydrogen (secondary N) is 1. The molecule has 0 aliphatic carbocycles. The highest BCUT2D eigenvalue weighted by Gasteiger charge is 2.18. The number of aliphatic hydroxyl groups is 3. The maximum atomic E-state index is 10.0. The molecule has 22 heavy (non-hydrogen) atoms. The van der Waals surface area contributed by atoms with Crippen molar-refractivity contribution < 1.29 is 40.1 Å². The fourth-order valence-corrected chi connectivity index (χ4v) is 1.37. The molecule has 10 heteroatoms. The van der Waals surface area contributed by atoms with Crippen LogP contribution in [0.2, 0.25) is 0 Å². The van der Waals surface area contributed by atoms with Crippen LogP contribution in [0, 0.1) is 0 Å². The molecule has 134 valence electrons. The average Bonchev–Trinajstić information content (AvgIpc) is 2.25. The van der Waals surface area contributed by atoms with Crippen molar-refractivity contribution in [1.29, 1.82) is 0 Å². The number of hydrogen-bond acceptors (Lipinski definition) is 9. The van der Waals surface area contributed by atoms with Crippen molar-refractivity contribution in [3.05, 3.63) is 0 Å². The lowest BCUT2D eigenvalue weighted by atomic mass is 10.2. The zero-order chi connectivity index (χ0) is 18.0. The van der Waals surface area contributed by atoms with Crippen molar-refractivity contribution in [2.24, 2.45) is 0 Å². The maximum absolute atomic E-state index is 10.0. The fraction of sp³-hybridized carbons (Fsp3) is 0.917. The molecule has 0 heterocycles. The third kappa shape index (κ3) is 19.1. The second kappa shape index (κ2) is 10.8. The maximum Gasteiger partial charge on any atom is 0.222 e. The molecule has 0 saturated carbocycles. The van der Waals surface area contributed by atoms with Gasteiger partial charge in [-0.05, 0) is 0 Å². The molecule has 0 fully saturated rings. The summed E-state index contributed by atoms with van der Waals surface area (Å²) in [5.74, 6) is -3.12. The molecule has 0 radical (unpaired) electrons. The Bertz CT molecular complexity index is 306. The molecule has 0 spiro atoms. The van der Waals surface area contributed by atoms with Crippen LogP contribution in [0.5, 0.6) is 0 Å².